The summed E-state index contributed by atoms with van der Waals surface area (Å²) in [6, 6.07) is 6.62. The average Bonchev–Trinajstić information content (AvgIpc) is 2.78. The lowest BCUT2D eigenvalue weighted by Gasteiger charge is -2.32. The van der Waals surface area contributed by atoms with Crippen molar-refractivity contribution >= 4 is 12.6 Å². The number of hydrogen-bond acceptors (Lipinski definition) is 3. The minimum atomic E-state index is -0.285. The lowest BCUT2D eigenvalue weighted by Crippen LogP contribution is -2.41. The van der Waals surface area contributed by atoms with E-state index in [0.717, 1.165) is 18.3 Å². The van der Waals surface area contributed by atoms with Crippen molar-refractivity contribution in [3.05, 3.63) is 29.3 Å². The maximum Gasteiger partial charge on any atom is 0.494 e. The molecule has 1 aliphatic heterocycles. The zero-order valence-corrected chi connectivity index (χ0v) is 12.2. The summed E-state index contributed by atoms with van der Waals surface area (Å²) < 4.78 is 12.2. The number of rotatable bonds is 1. The molecule has 0 bridgehead atoms. The Morgan fingerprint density at radius 1 is 1.16 bits per heavy atom. The van der Waals surface area contributed by atoms with E-state index < -0.39 is 0 Å². The van der Waals surface area contributed by atoms with Gasteiger partial charge in [0, 0.05) is 6.04 Å². The first-order valence-electron chi connectivity index (χ1n) is 7.04. The zero-order chi connectivity index (χ0) is 13.8. The van der Waals surface area contributed by atoms with E-state index in [4.69, 9.17) is 15.0 Å². The van der Waals surface area contributed by atoms with Crippen molar-refractivity contribution in [1.29, 1.82) is 0 Å². The van der Waals surface area contributed by atoms with Crippen molar-refractivity contribution < 1.29 is 9.31 Å². The molecule has 1 aliphatic carbocycles. The summed E-state index contributed by atoms with van der Waals surface area (Å²) in [5, 5.41) is 0. The first kappa shape index (κ1) is 13.2. The van der Waals surface area contributed by atoms with E-state index in [1.165, 1.54) is 11.1 Å². The van der Waals surface area contributed by atoms with Gasteiger partial charge in [-0.2, -0.15) is 0 Å². The summed E-state index contributed by atoms with van der Waals surface area (Å²) in [4.78, 5) is 0. The van der Waals surface area contributed by atoms with Gasteiger partial charge in [-0.05, 0) is 57.1 Å². The fourth-order valence-electron chi connectivity index (χ4n) is 2.80. The molecule has 1 aromatic rings. The van der Waals surface area contributed by atoms with Crippen LogP contribution in [-0.2, 0) is 15.7 Å². The summed E-state index contributed by atoms with van der Waals surface area (Å²) in [7, 11) is -0.271. The molecule has 3 rings (SSSR count). The standard InChI is InChI=1S/C15H22BNO2/c1-14(2)15(3,4)19-16(18-14)11-6-7-12-10(9-11)5-8-13(12)17/h6-7,9,13H,5,8,17H2,1-4H3/t13-/m0/s1. The minimum absolute atomic E-state index is 0.197. The van der Waals surface area contributed by atoms with Gasteiger partial charge in [-0.1, -0.05) is 18.2 Å². The molecule has 0 aromatic heterocycles. The Morgan fingerprint density at radius 2 is 1.79 bits per heavy atom. The topological polar surface area (TPSA) is 44.5 Å². The molecule has 1 fully saturated rings. The molecule has 3 nitrogen and oxygen atoms in total. The molecule has 4 heteroatoms. The van der Waals surface area contributed by atoms with E-state index in [2.05, 4.69) is 45.9 Å². The van der Waals surface area contributed by atoms with Gasteiger partial charge in [0.15, 0.2) is 0 Å². The highest BCUT2D eigenvalue weighted by atomic mass is 16.7. The van der Waals surface area contributed by atoms with Crippen LogP contribution in [0.2, 0.25) is 0 Å². The Hall–Kier alpha value is -0.835. The predicted octanol–water partition coefficient (Wildman–Crippen LogP) is 1.93. The van der Waals surface area contributed by atoms with Crippen LogP contribution in [0.5, 0.6) is 0 Å². The van der Waals surface area contributed by atoms with Gasteiger partial charge < -0.3 is 15.0 Å². The van der Waals surface area contributed by atoms with Gasteiger partial charge in [0.25, 0.3) is 0 Å². The lowest BCUT2D eigenvalue weighted by molar-refractivity contribution is 0.00578. The molecule has 0 radical (unpaired) electrons. The summed E-state index contributed by atoms with van der Waals surface area (Å²) in [6.07, 6.45) is 2.10. The third-order valence-electron chi connectivity index (χ3n) is 4.82. The summed E-state index contributed by atoms with van der Waals surface area (Å²) >= 11 is 0. The highest BCUT2D eigenvalue weighted by molar-refractivity contribution is 6.62. The number of nitrogens with two attached hydrogens (primary N) is 1. The molecule has 1 heterocycles. The highest BCUT2D eigenvalue weighted by Crippen LogP contribution is 2.37. The van der Waals surface area contributed by atoms with Gasteiger partial charge in [-0.15, -0.1) is 0 Å². The quantitative estimate of drug-likeness (QED) is 0.784. The fourth-order valence-corrected chi connectivity index (χ4v) is 2.80. The maximum atomic E-state index is 6.08. The van der Waals surface area contributed by atoms with Crippen LogP contribution in [0.1, 0.15) is 51.3 Å². The second kappa shape index (κ2) is 4.08. The van der Waals surface area contributed by atoms with E-state index in [9.17, 15) is 0 Å². The number of benzene rings is 1. The lowest BCUT2D eigenvalue weighted by atomic mass is 9.78. The molecular formula is C15H22BNO2. The molecule has 0 spiro atoms. The smallest absolute Gasteiger partial charge is 0.399 e. The Balaban J connectivity index is 1.89. The van der Waals surface area contributed by atoms with E-state index in [1.54, 1.807) is 0 Å². The molecule has 0 amide bonds. The number of aryl methyl sites for hydroxylation is 1. The Bertz CT molecular complexity index is 497. The molecule has 2 aliphatic rings. The first-order chi connectivity index (χ1) is 8.80. The summed E-state index contributed by atoms with van der Waals surface area (Å²) in [6.45, 7) is 8.32. The number of fused-ring (bicyclic) bond motifs is 1. The van der Waals surface area contributed by atoms with Crippen molar-refractivity contribution in [3.8, 4) is 0 Å². The van der Waals surface area contributed by atoms with Crippen LogP contribution in [0.15, 0.2) is 18.2 Å². The fraction of sp³-hybridized carbons (Fsp3) is 0.600. The first-order valence-corrected chi connectivity index (χ1v) is 7.04. The average molecular weight is 259 g/mol. The molecule has 0 unspecified atom stereocenters. The molecule has 1 saturated heterocycles. The van der Waals surface area contributed by atoms with E-state index in [0.29, 0.717) is 0 Å². The largest absolute Gasteiger partial charge is 0.494 e. The van der Waals surface area contributed by atoms with Crippen LogP contribution in [-0.4, -0.2) is 18.3 Å². The van der Waals surface area contributed by atoms with Gasteiger partial charge in [-0.3, -0.25) is 0 Å². The Kier molecular flexibility index (Phi) is 2.82. The van der Waals surface area contributed by atoms with Gasteiger partial charge in [0.1, 0.15) is 0 Å². The molecule has 1 aromatic carbocycles. The summed E-state index contributed by atoms with van der Waals surface area (Å²) in [5.74, 6) is 0. The normalized spacial score (nSPS) is 27.6. The van der Waals surface area contributed by atoms with Crippen LogP contribution in [0.4, 0.5) is 0 Å². The molecule has 19 heavy (non-hydrogen) atoms. The van der Waals surface area contributed by atoms with Crippen LogP contribution in [0.25, 0.3) is 0 Å². The Morgan fingerprint density at radius 3 is 2.42 bits per heavy atom. The third kappa shape index (κ3) is 2.02. The van der Waals surface area contributed by atoms with Crippen LogP contribution in [0, 0.1) is 0 Å². The van der Waals surface area contributed by atoms with Gasteiger partial charge >= 0.3 is 7.12 Å². The van der Waals surface area contributed by atoms with Gasteiger partial charge in [-0.25, -0.2) is 0 Å². The molecule has 0 saturated carbocycles. The molecule has 102 valence electrons. The van der Waals surface area contributed by atoms with Crippen molar-refractivity contribution in [1.82, 2.24) is 0 Å². The van der Waals surface area contributed by atoms with Crippen LogP contribution >= 0.6 is 0 Å². The van der Waals surface area contributed by atoms with Crippen LogP contribution < -0.4 is 11.2 Å². The highest BCUT2D eigenvalue weighted by Gasteiger charge is 2.51. The monoisotopic (exact) mass is 259 g/mol. The van der Waals surface area contributed by atoms with E-state index in [-0.39, 0.29) is 24.4 Å². The van der Waals surface area contributed by atoms with Gasteiger partial charge in [0.05, 0.1) is 11.2 Å². The van der Waals surface area contributed by atoms with Crippen molar-refractivity contribution in [2.45, 2.75) is 57.8 Å². The molecule has 2 N–H and O–H groups in total. The van der Waals surface area contributed by atoms with Gasteiger partial charge in [0.2, 0.25) is 0 Å². The third-order valence-corrected chi connectivity index (χ3v) is 4.82. The summed E-state index contributed by atoms with van der Waals surface area (Å²) in [5.41, 5.74) is 9.23. The van der Waals surface area contributed by atoms with E-state index in [1.807, 2.05) is 0 Å². The number of hydrogen-bond donors (Lipinski definition) is 1. The molecule has 1 atom stereocenters. The Labute approximate surface area is 115 Å². The maximum absolute atomic E-state index is 6.08. The van der Waals surface area contributed by atoms with Crippen molar-refractivity contribution in [2.24, 2.45) is 5.73 Å². The zero-order valence-electron chi connectivity index (χ0n) is 12.2. The van der Waals surface area contributed by atoms with Crippen molar-refractivity contribution in [2.75, 3.05) is 0 Å². The second-order valence-electron chi connectivity index (χ2n) is 6.69. The predicted molar refractivity (Wildman–Crippen MR) is 77.4 cm³/mol. The minimum Gasteiger partial charge on any atom is -0.399 e. The SMILES string of the molecule is CC1(C)OB(c2ccc3c(c2)CC[C@@H]3N)OC1(C)C. The van der Waals surface area contributed by atoms with E-state index >= 15 is 0 Å². The second-order valence-corrected chi connectivity index (χ2v) is 6.69. The van der Waals surface area contributed by atoms with Crippen molar-refractivity contribution in [3.63, 3.8) is 0 Å². The molecular weight excluding hydrogens is 237 g/mol. The van der Waals surface area contributed by atoms with Crippen LogP contribution in [0.3, 0.4) is 0 Å².